The molecular formula is C19H26N2. The van der Waals surface area contributed by atoms with Crippen molar-refractivity contribution < 1.29 is 0 Å². The van der Waals surface area contributed by atoms with Gasteiger partial charge in [0.15, 0.2) is 0 Å². The van der Waals surface area contributed by atoms with E-state index in [-0.39, 0.29) is 6.04 Å². The van der Waals surface area contributed by atoms with Gasteiger partial charge >= 0.3 is 0 Å². The van der Waals surface area contributed by atoms with E-state index in [9.17, 15) is 0 Å². The van der Waals surface area contributed by atoms with Gasteiger partial charge in [0.25, 0.3) is 0 Å². The van der Waals surface area contributed by atoms with Gasteiger partial charge in [-0.05, 0) is 67.6 Å². The van der Waals surface area contributed by atoms with E-state index in [1.54, 1.807) is 0 Å². The van der Waals surface area contributed by atoms with Gasteiger partial charge in [0.05, 0.1) is 6.04 Å². The van der Waals surface area contributed by atoms with Crippen LogP contribution < -0.4 is 10.6 Å². The van der Waals surface area contributed by atoms with Crippen LogP contribution in [0.2, 0.25) is 0 Å². The Bertz CT molecular complexity index is 591. The number of rotatable bonds is 4. The quantitative estimate of drug-likeness (QED) is 0.916. The van der Waals surface area contributed by atoms with Crippen molar-refractivity contribution in [1.82, 2.24) is 0 Å². The molecule has 0 aliphatic carbocycles. The lowest BCUT2D eigenvalue weighted by Crippen LogP contribution is -2.31. The maximum Gasteiger partial charge on any atom is 0.0666 e. The van der Waals surface area contributed by atoms with Gasteiger partial charge in [-0.15, -0.1) is 0 Å². The van der Waals surface area contributed by atoms with Crippen LogP contribution >= 0.6 is 0 Å². The Labute approximate surface area is 128 Å². The molecular weight excluding hydrogens is 256 g/mol. The highest BCUT2D eigenvalue weighted by Crippen LogP contribution is 2.30. The normalized spacial score (nSPS) is 12.3. The van der Waals surface area contributed by atoms with Crippen LogP contribution in [0, 0.1) is 27.7 Å². The Kier molecular flexibility index (Phi) is 4.69. The zero-order valence-electron chi connectivity index (χ0n) is 13.8. The molecule has 0 saturated heterocycles. The zero-order chi connectivity index (χ0) is 15.6. The topological polar surface area (TPSA) is 29.3 Å². The Morgan fingerprint density at radius 2 is 1.48 bits per heavy atom. The van der Waals surface area contributed by atoms with E-state index >= 15 is 0 Å². The third-order valence-electron chi connectivity index (χ3n) is 4.18. The van der Waals surface area contributed by atoms with Gasteiger partial charge in [0.1, 0.15) is 0 Å². The first-order valence-corrected chi connectivity index (χ1v) is 7.51. The van der Waals surface area contributed by atoms with Crippen LogP contribution in [0.15, 0.2) is 36.4 Å². The molecule has 1 unspecified atom stereocenters. The van der Waals surface area contributed by atoms with Crippen molar-refractivity contribution in [2.24, 2.45) is 5.73 Å². The summed E-state index contributed by atoms with van der Waals surface area (Å²) in [5.74, 6) is 0. The second-order valence-electron chi connectivity index (χ2n) is 6.01. The van der Waals surface area contributed by atoms with Gasteiger partial charge < -0.3 is 10.6 Å². The van der Waals surface area contributed by atoms with E-state index in [1.807, 2.05) is 0 Å². The summed E-state index contributed by atoms with van der Waals surface area (Å²) in [6.07, 6.45) is 0. The van der Waals surface area contributed by atoms with Gasteiger partial charge in [-0.1, -0.05) is 24.3 Å². The predicted octanol–water partition coefficient (Wildman–Crippen LogP) is 4.06. The number of anilines is 1. The van der Waals surface area contributed by atoms with Crippen molar-refractivity contribution in [2.75, 3.05) is 18.5 Å². The molecule has 0 aliphatic heterocycles. The first-order chi connectivity index (χ1) is 9.93. The fraction of sp³-hybridized carbons (Fsp3) is 0.368. The SMILES string of the molecule is Cc1cc(C)cc(N(C)C(CN)c2c(C)cccc2C)c1. The van der Waals surface area contributed by atoms with Crippen molar-refractivity contribution in [2.45, 2.75) is 33.7 Å². The van der Waals surface area contributed by atoms with Crippen LogP contribution in [-0.2, 0) is 0 Å². The minimum atomic E-state index is 0.201. The van der Waals surface area contributed by atoms with Crippen molar-refractivity contribution in [3.8, 4) is 0 Å². The molecule has 1 atom stereocenters. The number of hydrogen-bond acceptors (Lipinski definition) is 2. The van der Waals surface area contributed by atoms with E-state index in [1.165, 1.54) is 33.5 Å². The molecule has 21 heavy (non-hydrogen) atoms. The van der Waals surface area contributed by atoms with E-state index in [4.69, 9.17) is 5.73 Å². The molecule has 112 valence electrons. The van der Waals surface area contributed by atoms with Gasteiger partial charge in [-0.3, -0.25) is 0 Å². The Morgan fingerprint density at radius 1 is 0.952 bits per heavy atom. The molecule has 0 bridgehead atoms. The largest absolute Gasteiger partial charge is 0.366 e. The minimum absolute atomic E-state index is 0.201. The Morgan fingerprint density at radius 3 is 1.95 bits per heavy atom. The molecule has 2 rings (SSSR count). The summed E-state index contributed by atoms with van der Waals surface area (Å²) in [7, 11) is 2.14. The van der Waals surface area contributed by atoms with Gasteiger partial charge in [-0.2, -0.15) is 0 Å². The predicted molar refractivity (Wildman–Crippen MR) is 92.0 cm³/mol. The number of nitrogens with two attached hydrogens (primary N) is 1. The fourth-order valence-electron chi connectivity index (χ4n) is 3.16. The summed E-state index contributed by atoms with van der Waals surface area (Å²) in [5.41, 5.74) is 13.9. The molecule has 0 aliphatic rings. The molecule has 0 spiro atoms. The first kappa shape index (κ1) is 15.6. The van der Waals surface area contributed by atoms with Gasteiger partial charge in [0, 0.05) is 19.3 Å². The second-order valence-corrected chi connectivity index (χ2v) is 6.01. The summed E-state index contributed by atoms with van der Waals surface area (Å²) in [6, 6.07) is 13.3. The van der Waals surface area contributed by atoms with Crippen LogP contribution in [0.5, 0.6) is 0 Å². The Balaban J connectivity index is 2.45. The molecule has 2 N–H and O–H groups in total. The molecule has 0 saturated carbocycles. The zero-order valence-corrected chi connectivity index (χ0v) is 13.8. The number of hydrogen-bond donors (Lipinski definition) is 1. The number of benzene rings is 2. The molecule has 0 radical (unpaired) electrons. The molecule has 0 aromatic heterocycles. The summed E-state index contributed by atoms with van der Waals surface area (Å²) in [4.78, 5) is 2.30. The van der Waals surface area contributed by atoms with E-state index < -0.39 is 0 Å². The van der Waals surface area contributed by atoms with Crippen molar-refractivity contribution >= 4 is 5.69 Å². The summed E-state index contributed by atoms with van der Waals surface area (Å²) < 4.78 is 0. The first-order valence-electron chi connectivity index (χ1n) is 7.51. The average molecular weight is 282 g/mol. The van der Waals surface area contributed by atoms with Crippen molar-refractivity contribution in [1.29, 1.82) is 0 Å². The summed E-state index contributed by atoms with van der Waals surface area (Å²) in [6.45, 7) is 9.22. The van der Waals surface area contributed by atoms with Gasteiger partial charge in [0.2, 0.25) is 0 Å². The van der Waals surface area contributed by atoms with Crippen LogP contribution in [-0.4, -0.2) is 13.6 Å². The number of aryl methyl sites for hydroxylation is 4. The maximum atomic E-state index is 6.12. The van der Waals surface area contributed by atoms with E-state index in [0.717, 1.165) is 0 Å². The van der Waals surface area contributed by atoms with Crippen molar-refractivity contribution in [3.05, 3.63) is 64.2 Å². The third kappa shape index (κ3) is 3.27. The molecule has 0 heterocycles. The average Bonchev–Trinajstić information content (AvgIpc) is 2.41. The monoisotopic (exact) mass is 282 g/mol. The molecule has 0 amide bonds. The third-order valence-corrected chi connectivity index (χ3v) is 4.18. The lowest BCUT2D eigenvalue weighted by Gasteiger charge is -2.32. The van der Waals surface area contributed by atoms with Crippen LogP contribution in [0.25, 0.3) is 0 Å². The smallest absolute Gasteiger partial charge is 0.0666 e. The second kappa shape index (κ2) is 6.31. The molecule has 2 nitrogen and oxygen atoms in total. The minimum Gasteiger partial charge on any atom is -0.366 e. The van der Waals surface area contributed by atoms with E-state index in [0.29, 0.717) is 6.54 Å². The summed E-state index contributed by atoms with van der Waals surface area (Å²) in [5, 5.41) is 0. The number of nitrogens with zero attached hydrogens (tertiary/aromatic N) is 1. The number of likely N-dealkylation sites (N-methyl/N-ethyl adjacent to an activating group) is 1. The van der Waals surface area contributed by atoms with E-state index in [2.05, 4.69) is 76.0 Å². The van der Waals surface area contributed by atoms with Crippen LogP contribution in [0.4, 0.5) is 5.69 Å². The highest BCUT2D eigenvalue weighted by molar-refractivity contribution is 5.53. The highest BCUT2D eigenvalue weighted by Gasteiger charge is 2.20. The van der Waals surface area contributed by atoms with Crippen LogP contribution in [0.1, 0.15) is 33.9 Å². The molecule has 2 heteroatoms. The summed E-state index contributed by atoms with van der Waals surface area (Å²) >= 11 is 0. The van der Waals surface area contributed by atoms with Gasteiger partial charge in [-0.25, -0.2) is 0 Å². The molecule has 2 aromatic rings. The maximum absolute atomic E-state index is 6.12. The van der Waals surface area contributed by atoms with Crippen molar-refractivity contribution in [3.63, 3.8) is 0 Å². The fourth-order valence-corrected chi connectivity index (χ4v) is 3.16. The highest BCUT2D eigenvalue weighted by atomic mass is 15.1. The molecule has 2 aromatic carbocycles. The van der Waals surface area contributed by atoms with Crippen LogP contribution in [0.3, 0.4) is 0 Å². The lowest BCUT2D eigenvalue weighted by atomic mass is 9.94. The Hall–Kier alpha value is -1.80. The lowest BCUT2D eigenvalue weighted by molar-refractivity contribution is 0.672. The standard InChI is InChI=1S/C19H26N2/c1-13-9-14(2)11-17(10-13)21(5)18(12-20)19-15(3)7-6-8-16(19)4/h6-11,18H,12,20H2,1-5H3. The molecule has 0 fully saturated rings.